The topological polar surface area (TPSA) is 107 Å². The van der Waals surface area contributed by atoms with Crippen LogP contribution in [0.15, 0.2) is 51.9 Å². The van der Waals surface area contributed by atoms with Gasteiger partial charge in [0.2, 0.25) is 5.75 Å². The van der Waals surface area contributed by atoms with Crippen LogP contribution in [0.2, 0.25) is 0 Å². The van der Waals surface area contributed by atoms with Crippen molar-refractivity contribution >= 4 is 23.4 Å². The van der Waals surface area contributed by atoms with Crippen LogP contribution >= 0.6 is 11.3 Å². The average molecular weight is 555 g/mol. The predicted molar refractivity (Wildman–Crippen MR) is 146 cm³/mol. The molecule has 0 unspecified atom stereocenters. The highest BCUT2D eigenvalue weighted by atomic mass is 32.1. The lowest BCUT2D eigenvalue weighted by atomic mass is 9.97. The first-order valence-corrected chi connectivity index (χ1v) is 13.0. The summed E-state index contributed by atoms with van der Waals surface area (Å²) in [5.74, 6) is 1.86. The van der Waals surface area contributed by atoms with Crippen molar-refractivity contribution < 1.29 is 33.2 Å². The Kier molecular flexibility index (Phi) is 8.60. The summed E-state index contributed by atoms with van der Waals surface area (Å²) in [6, 6.07) is 8.06. The molecule has 1 aliphatic heterocycles. The first-order valence-electron chi connectivity index (χ1n) is 12.2. The molecular formula is C28H30N2O8S. The molecule has 2 heterocycles. The van der Waals surface area contributed by atoms with Crippen molar-refractivity contribution in [2.75, 3.05) is 41.7 Å². The molecule has 0 aliphatic carbocycles. The molecule has 0 saturated carbocycles. The van der Waals surface area contributed by atoms with Gasteiger partial charge >= 0.3 is 5.97 Å². The van der Waals surface area contributed by atoms with Gasteiger partial charge in [-0.3, -0.25) is 9.36 Å². The van der Waals surface area contributed by atoms with Gasteiger partial charge in [0, 0.05) is 6.20 Å². The van der Waals surface area contributed by atoms with Crippen LogP contribution in [0.5, 0.6) is 28.7 Å². The Morgan fingerprint density at radius 3 is 2.21 bits per heavy atom. The lowest BCUT2D eigenvalue weighted by Gasteiger charge is -2.23. The second kappa shape index (κ2) is 12.1. The van der Waals surface area contributed by atoms with E-state index in [1.165, 1.54) is 50.5 Å². The molecule has 10 nitrogen and oxygen atoms in total. The van der Waals surface area contributed by atoms with Crippen molar-refractivity contribution in [1.29, 1.82) is 0 Å². The zero-order chi connectivity index (χ0) is 28.1. The van der Waals surface area contributed by atoms with Gasteiger partial charge in [0.1, 0.15) is 0 Å². The standard InChI is InChI=1S/C28H30N2O8S/c1-7-37-19-10-9-17(14-20(19)38-8-2)24-18(27(32)36-6)15-29-28-30(24)26(31)23(39-28)13-16-11-21(33-3)25(35-5)22(12-16)34-4/h9-15,24H,7-8H2,1-6H3/b23-13-/t24-/m0/s1. The molecule has 1 atom stereocenters. The molecule has 2 aromatic carbocycles. The maximum absolute atomic E-state index is 13.8. The maximum atomic E-state index is 13.8. The summed E-state index contributed by atoms with van der Waals surface area (Å²) in [7, 11) is 5.86. The zero-order valence-corrected chi connectivity index (χ0v) is 23.4. The number of nitrogens with zero attached hydrogens (tertiary/aromatic N) is 2. The number of hydrogen-bond donors (Lipinski definition) is 0. The number of carbonyl (C=O) groups is 1. The number of rotatable bonds is 10. The quantitative estimate of drug-likeness (QED) is 0.352. The Balaban J connectivity index is 1.91. The van der Waals surface area contributed by atoms with E-state index in [1.807, 2.05) is 13.8 Å². The van der Waals surface area contributed by atoms with E-state index in [4.69, 9.17) is 28.4 Å². The van der Waals surface area contributed by atoms with Crippen molar-refractivity contribution in [2.45, 2.75) is 19.9 Å². The van der Waals surface area contributed by atoms with Gasteiger partial charge < -0.3 is 28.4 Å². The van der Waals surface area contributed by atoms with Crippen LogP contribution < -0.4 is 38.6 Å². The second-order valence-corrected chi connectivity index (χ2v) is 9.22. The molecule has 0 N–H and O–H groups in total. The Morgan fingerprint density at radius 2 is 1.62 bits per heavy atom. The second-order valence-electron chi connectivity index (χ2n) is 8.21. The van der Waals surface area contributed by atoms with Crippen LogP contribution in [0.25, 0.3) is 6.08 Å². The number of aromatic nitrogens is 1. The summed E-state index contributed by atoms with van der Waals surface area (Å²) in [4.78, 5) is 31.5. The van der Waals surface area contributed by atoms with Crippen LogP contribution in [0.1, 0.15) is 31.0 Å². The van der Waals surface area contributed by atoms with E-state index in [9.17, 15) is 9.59 Å². The van der Waals surface area contributed by atoms with Crippen molar-refractivity contribution in [1.82, 2.24) is 4.57 Å². The molecule has 0 spiro atoms. The average Bonchev–Trinajstić information content (AvgIpc) is 3.27. The van der Waals surface area contributed by atoms with Crippen LogP contribution in [-0.2, 0) is 9.53 Å². The van der Waals surface area contributed by atoms with Crippen LogP contribution in [0.4, 0.5) is 0 Å². The molecule has 0 fully saturated rings. The molecule has 0 radical (unpaired) electrons. The van der Waals surface area contributed by atoms with Crippen LogP contribution in [0, 0.1) is 0 Å². The highest BCUT2D eigenvalue weighted by molar-refractivity contribution is 7.07. The smallest absolute Gasteiger partial charge is 0.337 e. The van der Waals surface area contributed by atoms with Crippen molar-refractivity contribution in [3.63, 3.8) is 0 Å². The Hall–Kier alpha value is -4.25. The Bertz CT molecular complexity index is 1560. The third-order valence-corrected chi connectivity index (χ3v) is 6.99. The van der Waals surface area contributed by atoms with Gasteiger partial charge in [-0.1, -0.05) is 17.4 Å². The predicted octanol–water partition coefficient (Wildman–Crippen LogP) is 2.84. The Morgan fingerprint density at radius 1 is 0.949 bits per heavy atom. The number of carbonyl (C=O) groups excluding carboxylic acids is 1. The fraction of sp³-hybridized carbons (Fsp3) is 0.321. The molecule has 0 amide bonds. The van der Waals surface area contributed by atoms with Gasteiger partial charge in [-0.05, 0) is 55.3 Å². The number of methoxy groups -OCH3 is 4. The first-order chi connectivity index (χ1) is 18.9. The molecule has 206 valence electrons. The third-order valence-electron chi connectivity index (χ3n) is 5.99. The van der Waals surface area contributed by atoms with Gasteiger partial charge in [-0.15, -0.1) is 0 Å². The van der Waals surface area contributed by atoms with Crippen molar-refractivity contribution in [3.8, 4) is 28.7 Å². The molecule has 3 aromatic rings. The fourth-order valence-electron chi connectivity index (χ4n) is 4.32. The lowest BCUT2D eigenvalue weighted by Crippen LogP contribution is -2.39. The molecule has 0 bridgehead atoms. The number of benzene rings is 2. The fourth-order valence-corrected chi connectivity index (χ4v) is 5.29. The van der Waals surface area contributed by atoms with E-state index in [1.54, 1.807) is 36.4 Å². The van der Waals surface area contributed by atoms with Gasteiger partial charge in [0.15, 0.2) is 27.8 Å². The SMILES string of the molecule is CCOc1ccc([C@H]2C(C(=O)OC)=CN=c3s/c(=C\c4cc(OC)c(OC)c(OC)c4)c(=O)n32)cc1OCC. The number of esters is 1. The van der Waals surface area contributed by atoms with Gasteiger partial charge in [-0.25, -0.2) is 9.79 Å². The van der Waals surface area contributed by atoms with Crippen LogP contribution in [-0.4, -0.2) is 52.2 Å². The van der Waals surface area contributed by atoms with E-state index in [0.717, 1.165) is 0 Å². The number of thiazole rings is 1. The van der Waals surface area contributed by atoms with Gasteiger partial charge in [-0.2, -0.15) is 0 Å². The minimum atomic E-state index is -0.786. The summed E-state index contributed by atoms with van der Waals surface area (Å²) in [6.07, 6.45) is 3.17. The molecular weight excluding hydrogens is 524 g/mol. The number of hydrogen-bond acceptors (Lipinski definition) is 10. The van der Waals surface area contributed by atoms with E-state index < -0.39 is 12.0 Å². The molecule has 39 heavy (non-hydrogen) atoms. The van der Waals surface area contributed by atoms with Crippen LogP contribution in [0.3, 0.4) is 0 Å². The summed E-state index contributed by atoms with van der Waals surface area (Å²) < 4.78 is 34.7. The van der Waals surface area contributed by atoms with Gasteiger partial charge in [0.05, 0.1) is 57.8 Å². The summed E-state index contributed by atoms with van der Waals surface area (Å²) in [6.45, 7) is 4.63. The van der Waals surface area contributed by atoms with E-state index in [2.05, 4.69) is 4.99 Å². The minimum Gasteiger partial charge on any atom is -0.493 e. The molecule has 1 aliphatic rings. The number of ether oxygens (including phenoxy) is 6. The zero-order valence-electron chi connectivity index (χ0n) is 22.6. The van der Waals surface area contributed by atoms with E-state index in [-0.39, 0.29) is 11.1 Å². The monoisotopic (exact) mass is 554 g/mol. The van der Waals surface area contributed by atoms with Crippen molar-refractivity contribution in [2.24, 2.45) is 4.99 Å². The first kappa shape index (κ1) is 27.8. The minimum absolute atomic E-state index is 0.218. The highest BCUT2D eigenvalue weighted by Crippen LogP contribution is 2.38. The molecule has 11 heteroatoms. The molecule has 4 rings (SSSR count). The summed E-state index contributed by atoms with van der Waals surface area (Å²) in [5, 5.41) is 0. The summed E-state index contributed by atoms with van der Waals surface area (Å²) in [5.41, 5.74) is 1.21. The molecule has 0 saturated heterocycles. The van der Waals surface area contributed by atoms with E-state index in [0.29, 0.717) is 62.4 Å². The largest absolute Gasteiger partial charge is 0.493 e. The van der Waals surface area contributed by atoms with Crippen molar-refractivity contribution in [3.05, 3.63) is 72.9 Å². The summed E-state index contributed by atoms with van der Waals surface area (Å²) >= 11 is 1.20. The number of fused-ring (bicyclic) bond motifs is 1. The lowest BCUT2D eigenvalue weighted by molar-refractivity contribution is -0.136. The third kappa shape index (κ3) is 5.35. The molecule has 1 aromatic heterocycles. The Labute approximate surface area is 229 Å². The van der Waals surface area contributed by atoms with E-state index >= 15 is 0 Å². The maximum Gasteiger partial charge on any atom is 0.337 e. The normalized spacial score (nSPS) is 14.6. The highest BCUT2D eigenvalue weighted by Gasteiger charge is 2.31. The van der Waals surface area contributed by atoms with Gasteiger partial charge in [0.25, 0.3) is 5.56 Å².